The molecule has 0 spiro atoms. The smallest absolute Gasteiger partial charge is 0.296 e. The molecule has 9 nitrogen and oxygen atoms in total. The number of aromatic amines is 1. The number of aromatic nitrogens is 3. The number of rotatable bonds is 4. The monoisotopic (exact) mass is 516 g/mol. The summed E-state index contributed by atoms with van der Waals surface area (Å²) in [6.45, 7) is 2.57. The van der Waals surface area contributed by atoms with Gasteiger partial charge in [-0.1, -0.05) is 6.08 Å². The van der Waals surface area contributed by atoms with Crippen molar-refractivity contribution >= 4 is 22.6 Å². The van der Waals surface area contributed by atoms with Gasteiger partial charge in [0, 0.05) is 26.1 Å². The Balaban J connectivity index is 1.27. The van der Waals surface area contributed by atoms with Gasteiger partial charge < -0.3 is 29.2 Å². The zero-order chi connectivity index (χ0) is 25.8. The van der Waals surface area contributed by atoms with Crippen LogP contribution < -0.4 is 4.74 Å². The number of imidazole rings is 1. The number of benzene rings is 1. The molecule has 0 bridgehead atoms. The van der Waals surface area contributed by atoms with E-state index in [4.69, 9.17) is 14.2 Å². The lowest BCUT2D eigenvalue weighted by Crippen LogP contribution is -2.34. The van der Waals surface area contributed by atoms with Gasteiger partial charge in [-0.15, -0.1) is 0 Å². The largest absolute Gasteiger partial charge is 0.456 e. The quantitative estimate of drug-likeness (QED) is 0.549. The maximum absolute atomic E-state index is 15.1. The highest BCUT2D eigenvalue weighted by molar-refractivity contribution is 5.79. The van der Waals surface area contributed by atoms with Crippen molar-refractivity contribution in [1.82, 2.24) is 19.9 Å². The summed E-state index contributed by atoms with van der Waals surface area (Å²) in [7, 11) is 0. The molecule has 0 saturated carbocycles. The molecule has 1 unspecified atom stereocenters. The van der Waals surface area contributed by atoms with Crippen LogP contribution in [-0.2, 0) is 14.3 Å². The molecular formula is C25H23F3N4O5. The second-order valence-corrected chi connectivity index (χ2v) is 9.31. The third-order valence-corrected chi connectivity index (χ3v) is 6.95. The summed E-state index contributed by atoms with van der Waals surface area (Å²) < 4.78 is 62.1. The Bertz CT molecular complexity index is 1400. The van der Waals surface area contributed by atoms with Crippen LogP contribution in [0.5, 0.6) is 6.01 Å². The number of hydrogen-bond acceptors (Lipinski definition) is 7. The van der Waals surface area contributed by atoms with Crippen molar-refractivity contribution in [2.24, 2.45) is 0 Å². The highest BCUT2D eigenvalue weighted by atomic mass is 19.1. The number of hydrogen-bond donors (Lipinski definition) is 2. The minimum atomic E-state index is -0.964. The maximum atomic E-state index is 15.1. The normalized spacial score (nSPS) is 25.4. The molecule has 2 saturated heterocycles. The second-order valence-electron chi connectivity index (χ2n) is 9.31. The number of aliphatic hydroxyl groups excluding tert-OH is 1. The Kier molecular flexibility index (Phi) is 5.89. The Hall–Kier alpha value is -3.48. The fourth-order valence-corrected chi connectivity index (χ4v) is 5.02. The summed E-state index contributed by atoms with van der Waals surface area (Å²) >= 11 is 0. The van der Waals surface area contributed by atoms with Crippen molar-refractivity contribution in [3.05, 3.63) is 47.3 Å². The van der Waals surface area contributed by atoms with E-state index in [9.17, 15) is 14.3 Å². The van der Waals surface area contributed by atoms with Crippen molar-refractivity contribution in [2.75, 3.05) is 26.3 Å². The number of carbonyl (C=O) groups excluding carboxylic acids is 1. The zero-order valence-corrected chi connectivity index (χ0v) is 19.7. The molecule has 2 aromatic heterocycles. The molecule has 2 N–H and O–H groups in total. The number of carbonyl (C=O) groups is 1. The minimum Gasteiger partial charge on any atom is -0.456 e. The first-order valence-corrected chi connectivity index (χ1v) is 11.9. The van der Waals surface area contributed by atoms with Gasteiger partial charge in [0.25, 0.3) is 6.01 Å². The van der Waals surface area contributed by atoms with Gasteiger partial charge in [0.15, 0.2) is 17.6 Å². The molecule has 6 rings (SSSR count). The predicted octanol–water partition coefficient (Wildman–Crippen LogP) is 2.58. The molecule has 1 aromatic carbocycles. The third-order valence-electron chi connectivity index (χ3n) is 6.95. The van der Waals surface area contributed by atoms with Crippen LogP contribution in [0.1, 0.15) is 18.9 Å². The number of amides is 1. The Labute approximate surface area is 208 Å². The molecule has 12 heteroatoms. The van der Waals surface area contributed by atoms with Crippen LogP contribution in [0.15, 0.2) is 24.3 Å². The van der Waals surface area contributed by atoms with E-state index >= 15 is 8.78 Å². The molecule has 0 radical (unpaired) electrons. The molecule has 0 aliphatic carbocycles. The lowest BCUT2D eigenvalue weighted by molar-refractivity contribution is -0.128. The molecule has 3 aromatic rings. The summed E-state index contributed by atoms with van der Waals surface area (Å²) in [4.78, 5) is 24.2. The maximum Gasteiger partial charge on any atom is 0.296 e. The van der Waals surface area contributed by atoms with Crippen molar-refractivity contribution in [3.8, 4) is 17.3 Å². The number of fused-ring (bicyclic) bond motifs is 2. The van der Waals surface area contributed by atoms with Crippen LogP contribution in [0, 0.1) is 17.5 Å². The van der Waals surface area contributed by atoms with Crippen LogP contribution in [-0.4, -0.2) is 81.6 Å². The van der Waals surface area contributed by atoms with Crippen LogP contribution in [0.3, 0.4) is 0 Å². The summed E-state index contributed by atoms with van der Waals surface area (Å²) in [5.74, 6) is -2.94. The average Bonchev–Trinajstić information content (AvgIpc) is 3.55. The van der Waals surface area contributed by atoms with Gasteiger partial charge in [0.05, 0.1) is 24.3 Å². The van der Waals surface area contributed by atoms with Crippen LogP contribution in [0.2, 0.25) is 0 Å². The Morgan fingerprint density at radius 1 is 1.11 bits per heavy atom. The topological polar surface area (TPSA) is 110 Å². The molecular weight excluding hydrogens is 493 g/mol. The second kappa shape index (κ2) is 9.12. The van der Waals surface area contributed by atoms with Crippen LogP contribution in [0.4, 0.5) is 13.2 Å². The summed E-state index contributed by atoms with van der Waals surface area (Å²) in [5, 5.41) is 9.87. The zero-order valence-electron chi connectivity index (χ0n) is 19.7. The van der Waals surface area contributed by atoms with E-state index in [1.807, 2.05) is 0 Å². The molecule has 4 atom stereocenters. The number of nitrogens with zero attached hydrogens (tertiary/aromatic N) is 3. The lowest BCUT2D eigenvalue weighted by atomic mass is 9.96. The minimum absolute atomic E-state index is 0.0106. The first-order valence-electron chi connectivity index (χ1n) is 11.9. The lowest BCUT2D eigenvalue weighted by Gasteiger charge is -2.25. The number of halogens is 3. The van der Waals surface area contributed by atoms with E-state index in [0.717, 1.165) is 18.2 Å². The van der Waals surface area contributed by atoms with Gasteiger partial charge >= 0.3 is 0 Å². The van der Waals surface area contributed by atoms with Gasteiger partial charge in [-0.3, -0.25) is 4.79 Å². The van der Waals surface area contributed by atoms with Gasteiger partial charge in [0.2, 0.25) is 5.91 Å². The van der Waals surface area contributed by atoms with Crippen LogP contribution in [0.25, 0.3) is 28.0 Å². The van der Waals surface area contributed by atoms with E-state index in [2.05, 4.69) is 15.0 Å². The first kappa shape index (κ1) is 23.9. The molecule has 3 aliphatic heterocycles. The van der Waals surface area contributed by atoms with Gasteiger partial charge in [-0.05, 0) is 29.7 Å². The third kappa shape index (κ3) is 4.24. The van der Waals surface area contributed by atoms with E-state index < -0.39 is 53.1 Å². The summed E-state index contributed by atoms with van der Waals surface area (Å²) in [6, 6.07) is 3.35. The molecule has 3 aliphatic rings. The molecule has 5 heterocycles. The number of H-pyrrole nitrogens is 1. The van der Waals surface area contributed by atoms with Crippen molar-refractivity contribution in [1.29, 1.82) is 0 Å². The molecule has 37 heavy (non-hydrogen) atoms. The Morgan fingerprint density at radius 2 is 1.86 bits per heavy atom. The Morgan fingerprint density at radius 3 is 2.57 bits per heavy atom. The van der Waals surface area contributed by atoms with Crippen molar-refractivity contribution < 1.29 is 37.3 Å². The van der Waals surface area contributed by atoms with E-state index in [1.165, 1.54) is 6.92 Å². The molecule has 1 amide bonds. The highest BCUT2D eigenvalue weighted by Gasteiger charge is 2.48. The van der Waals surface area contributed by atoms with E-state index in [0.29, 0.717) is 30.6 Å². The average molecular weight is 516 g/mol. The highest BCUT2D eigenvalue weighted by Crippen LogP contribution is 2.34. The fraction of sp³-hybridized carbons (Fsp3) is 0.400. The predicted molar refractivity (Wildman–Crippen MR) is 124 cm³/mol. The fourth-order valence-electron chi connectivity index (χ4n) is 5.02. The number of ether oxygens (including phenoxy) is 3. The number of nitrogens with one attached hydrogen (secondary N) is 1. The van der Waals surface area contributed by atoms with E-state index in [-0.39, 0.29) is 36.3 Å². The summed E-state index contributed by atoms with van der Waals surface area (Å²) in [6.07, 6.45) is -0.0640. The molecule has 2 fully saturated rings. The van der Waals surface area contributed by atoms with Gasteiger partial charge in [-0.2, -0.15) is 4.98 Å². The summed E-state index contributed by atoms with van der Waals surface area (Å²) in [5.41, 5.74) is 0.108. The van der Waals surface area contributed by atoms with E-state index in [1.54, 1.807) is 11.0 Å². The first-order chi connectivity index (χ1) is 17.8. The van der Waals surface area contributed by atoms with Crippen molar-refractivity contribution in [3.63, 3.8) is 0 Å². The number of pyridine rings is 1. The SMILES string of the molecule is CC(=O)N1CC=C(c2cc(F)c(-c3nc4nc(O[C@@H]5COC6[C@H](O)CO[C@@H]65)[nH]c4cc3F)c(F)c2)CC1. The van der Waals surface area contributed by atoms with Gasteiger partial charge in [-0.25, -0.2) is 18.2 Å². The van der Waals surface area contributed by atoms with Crippen molar-refractivity contribution in [2.45, 2.75) is 37.8 Å². The van der Waals surface area contributed by atoms with Crippen LogP contribution >= 0.6 is 0 Å². The molecule has 194 valence electrons. The van der Waals surface area contributed by atoms with Gasteiger partial charge in [0.1, 0.15) is 35.6 Å². The standard InChI is InChI=1S/C25H23F3N4O5/c1-11(33)32-4-2-12(3-5-32)13-6-14(26)20(15(27)7-13)21-16(28)8-17-24(30-21)31-25(29-17)37-19-10-36-22-18(34)9-35-23(19)22/h2,6-8,18-19,22-23,34H,3-5,9-10H2,1H3,(H,29,30,31)/t18-,19-,22?,23-/m1/s1. The number of aliphatic hydroxyl groups is 1.